The van der Waals surface area contributed by atoms with Crippen molar-refractivity contribution in [3.05, 3.63) is 65.5 Å². The third kappa shape index (κ3) is 5.20. The first kappa shape index (κ1) is 21.4. The lowest BCUT2D eigenvalue weighted by molar-refractivity contribution is -0.141. The molecule has 0 saturated heterocycles. The van der Waals surface area contributed by atoms with Crippen molar-refractivity contribution in [1.29, 1.82) is 0 Å². The molecule has 1 aliphatic rings. The molecule has 0 aliphatic carbocycles. The van der Waals surface area contributed by atoms with E-state index in [1.807, 2.05) is 0 Å². The molecule has 30 heavy (non-hydrogen) atoms. The van der Waals surface area contributed by atoms with E-state index in [1.54, 1.807) is 42.5 Å². The van der Waals surface area contributed by atoms with Crippen LogP contribution in [-0.4, -0.2) is 42.4 Å². The Hall–Kier alpha value is -3.27. The third-order valence-electron chi connectivity index (χ3n) is 4.50. The Balaban J connectivity index is 1.89. The minimum absolute atomic E-state index is 0.235. The van der Waals surface area contributed by atoms with Crippen LogP contribution in [0.5, 0.6) is 0 Å². The highest BCUT2D eigenvalue weighted by atomic mass is 32.2. The van der Waals surface area contributed by atoms with Gasteiger partial charge >= 0.3 is 5.97 Å². The SMILES string of the molecule is CS(=O)(=O)Nc1ccc(C2=NN(C(=O)CCC(=O)O)[C@H](c3ccccc3F)C2)cc1. The van der Waals surface area contributed by atoms with Crippen LogP contribution in [0.1, 0.15) is 36.4 Å². The fourth-order valence-corrected chi connectivity index (χ4v) is 3.74. The fourth-order valence-electron chi connectivity index (χ4n) is 3.18. The standard InChI is InChI=1S/C20H20FN3O5S/c1-30(28,29)23-14-8-6-13(7-9-14)17-12-18(15-4-2-3-5-16(15)21)24(22-17)19(25)10-11-20(26)27/h2-9,18,23H,10-12H2,1H3,(H,26,27)/t18-/m0/s1. The zero-order valence-electron chi connectivity index (χ0n) is 16.1. The summed E-state index contributed by atoms with van der Waals surface area (Å²) in [6.45, 7) is 0. The van der Waals surface area contributed by atoms with Crippen LogP contribution in [0.25, 0.3) is 0 Å². The molecule has 0 bridgehead atoms. The number of nitrogens with zero attached hydrogens (tertiary/aromatic N) is 2. The number of carbonyl (C=O) groups excluding carboxylic acids is 1. The predicted octanol–water partition coefficient (Wildman–Crippen LogP) is 2.74. The van der Waals surface area contributed by atoms with E-state index in [-0.39, 0.29) is 24.8 Å². The van der Waals surface area contributed by atoms with Gasteiger partial charge < -0.3 is 5.11 Å². The molecule has 158 valence electrons. The topological polar surface area (TPSA) is 116 Å². The molecule has 1 atom stereocenters. The molecule has 1 heterocycles. The minimum atomic E-state index is -3.41. The average Bonchev–Trinajstić information content (AvgIpc) is 3.11. The van der Waals surface area contributed by atoms with Crippen molar-refractivity contribution in [3.8, 4) is 0 Å². The van der Waals surface area contributed by atoms with E-state index >= 15 is 0 Å². The third-order valence-corrected chi connectivity index (χ3v) is 5.11. The van der Waals surface area contributed by atoms with Gasteiger partial charge in [0.25, 0.3) is 0 Å². The van der Waals surface area contributed by atoms with Crippen LogP contribution in [0.4, 0.5) is 10.1 Å². The predicted molar refractivity (Wildman–Crippen MR) is 109 cm³/mol. The summed E-state index contributed by atoms with van der Waals surface area (Å²) in [5.41, 5.74) is 1.82. The Bertz CT molecular complexity index is 1100. The molecule has 0 radical (unpaired) electrons. The maximum absolute atomic E-state index is 14.4. The Morgan fingerprint density at radius 1 is 1.17 bits per heavy atom. The van der Waals surface area contributed by atoms with Gasteiger partial charge in [0.2, 0.25) is 15.9 Å². The van der Waals surface area contributed by atoms with Crippen molar-refractivity contribution >= 4 is 33.3 Å². The molecule has 3 rings (SSSR count). The van der Waals surface area contributed by atoms with E-state index in [2.05, 4.69) is 9.82 Å². The molecular weight excluding hydrogens is 413 g/mol. The number of anilines is 1. The molecule has 2 aromatic rings. The number of hydrazone groups is 1. The van der Waals surface area contributed by atoms with Crippen molar-refractivity contribution in [2.75, 3.05) is 11.0 Å². The van der Waals surface area contributed by atoms with Gasteiger partial charge in [0.15, 0.2) is 0 Å². The van der Waals surface area contributed by atoms with Gasteiger partial charge in [0, 0.05) is 24.1 Å². The molecule has 0 fully saturated rings. The van der Waals surface area contributed by atoms with Gasteiger partial charge in [-0.05, 0) is 23.8 Å². The van der Waals surface area contributed by atoms with E-state index in [1.165, 1.54) is 6.07 Å². The summed E-state index contributed by atoms with van der Waals surface area (Å²) in [6.07, 6.45) is 0.671. The lowest BCUT2D eigenvalue weighted by Crippen LogP contribution is -2.28. The quantitative estimate of drug-likeness (QED) is 0.697. The first-order chi connectivity index (χ1) is 14.1. The smallest absolute Gasteiger partial charge is 0.303 e. The number of sulfonamides is 1. The van der Waals surface area contributed by atoms with Crippen LogP contribution < -0.4 is 4.72 Å². The number of carboxylic acids is 1. The van der Waals surface area contributed by atoms with Crippen molar-refractivity contribution in [2.45, 2.75) is 25.3 Å². The van der Waals surface area contributed by atoms with Gasteiger partial charge in [-0.15, -0.1) is 0 Å². The second-order valence-corrected chi connectivity index (χ2v) is 8.62. The molecule has 0 unspecified atom stereocenters. The largest absolute Gasteiger partial charge is 0.481 e. The average molecular weight is 433 g/mol. The van der Waals surface area contributed by atoms with Crippen LogP contribution in [0.3, 0.4) is 0 Å². The van der Waals surface area contributed by atoms with Gasteiger partial charge in [-0.2, -0.15) is 5.10 Å². The molecule has 1 aliphatic heterocycles. The van der Waals surface area contributed by atoms with Gasteiger partial charge in [-0.25, -0.2) is 17.8 Å². The highest BCUT2D eigenvalue weighted by molar-refractivity contribution is 7.92. The highest BCUT2D eigenvalue weighted by Gasteiger charge is 2.34. The molecule has 10 heteroatoms. The lowest BCUT2D eigenvalue weighted by Gasteiger charge is -2.22. The molecule has 2 aromatic carbocycles. The minimum Gasteiger partial charge on any atom is -0.481 e. The Labute approximate surface area is 173 Å². The van der Waals surface area contributed by atoms with E-state index < -0.39 is 33.8 Å². The number of amides is 1. The molecule has 0 aromatic heterocycles. The van der Waals surface area contributed by atoms with Gasteiger partial charge in [-0.1, -0.05) is 30.3 Å². The van der Waals surface area contributed by atoms with Crippen molar-refractivity contribution in [2.24, 2.45) is 5.10 Å². The van der Waals surface area contributed by atoms with Crippen molar-refractivity contribution in [3.63, 3.8) is 0 Å². The number of benzene rings is 2. The number of halogens is 1. The summed E-state index contributed by atoms with van der Waals surface area (Å²) in [5, 5.41) is 14.3. The number of carboxylic acid groups (broad SMARTS) is 1. The van der Waals surface area contributed by atoms with Crippen LogP contribution >= 0.6 is 0 Å². The summed E-state index contributed by atoms with van der Waals surface area (Å²) in [4.78, 5) is 23.4. The zero-order valence-corrected chi connectivity index (χ0v) is 16.9. The monoisotopic (exact) mass is 433 g/mol. The second-order valence-electron chi connectivity index (χ2n) is 6.87. The molecule has 1 amide bonds. The molecule has 0 saturated carbocycles. The normalized spacial score (nSPS) is 16.3. The van der Waals surface area contributed by atoms with Gasteiger partial charge in [0.05, 0.1) is 24.4 Å². The van der Waals surface area contributed by atoms with Crippen molar-refractivity contribution < 1.29 is 27.5 Å². The van der Waals surface area contributed by atoms with Crippen LogP contribution in [0, 0.1) is 5.82 Å². The summed E-state index contributed by atoms with van der Waals surface area (Å²) in [5.74, 6) is -2.11. The number of carbonyl (C=O) groups is 2. The second kappa shape index (κ2) is 8.62. The van der Waals surface area contributed by atoms with Crippen LogP contribution in [-0.2, 0) is 19.6 Å². The van der Waals surface area contributed by atoms with Crippen LogP contribution in [0.2, 0.25) is 0 Å². The number of aliphatic carboxylic acids is 1. The number of hydrogen-bond donors (Lipinski definition) is 2. The molecular formula is C20H20FN3O5S. The zero-order chi connectivity index (χ0) is 21.9. The number of nitrogens with one attached hydrogen (secondary N) is 1. The number of rotatable bonds is 7. The Morgan fingerprint density at radius 2 is 1.83 bits per heavy atom. The maximum atomic E-state index is 14.4. The van der Waals surface area contributed by atoms with E-state index in [9.17, 15) is 22.4 Å². The Kier molecular flexibility index (Phi) is 6.16. The first-order valence-electron chi connectivity index (χ1n) is 9.08. The maximum Gasteiger partial charge on any atom is 0.303 e. The summed E-state index contributed by atoms with van der Waals surface area (Å²) >= 11 is 0. The number of hydrogen-bond acceptors (Lipinski definition) is 5. The summed E-state index contributed by atoms with van der Waals surface area (Å²) < 4.78 is 39.4. The Morgan fingerprint density at radius 3 is 2.43 bits per heavy atom. The fraction of sp³-hybridized carbons (Fsp3) is 0.250. The van der Waals surface area contributed by atoms with Gasteiger partial charge in [0.1, 0.15) is 5.82 Å². The molecule has 8 nitrogen and oxygen atoms in total. The van der Waals surface area contributed by atoms with Crippen molar-refractivity contribution in [1.82, 2.24) is 5.01 Å². The molecule has 0 spiro atoms. The van der Waals surface area contributed by atoms with E-state index in [4.69, 9.17) is 5.11 Å². The summed E-state index contributed by atoms with van der Waals surface area (Å²) in [6, 6.07) is 11.8. The molecule has 2 N–H and O–H groups in total. The highest BCUT2D eigenvalue weighted by Crippen LogP contribution is 2.34. The van der Waals surface area contributed by atoms with Crippen LogP contribution in [0.15, 0.2) is 53.6 Å². The summed E-state index contributed by atoms with van der Waals surface area (Å²) in [7, 11) is -3.41. The first-order valence-corrected chi connectivity index (χ1v) is 11.0. The van der Waals surface area contributed by atoms with Gasteiger partial charge in [-0.3, -0.25) is 14.3 Å². The lowest BCUT2D eigenvalue weighted by atomic mass is 9.97. The van der Waals surface area contributed by atoms with E-state index in [0.29, 0.717) is 17.0 Å². The van der Waals surface area contributed by atoms with E-state index in [0.717, 1.165) is 11.3 Å².